The molecule has 6 nitrogen and oxygen atoms in total. The number of unbranched alkanes of at least 4 members (excludes halogenated alkanes) is 1. The third-order valence-corrected chi connectivity index (χ3v) is 2.11. The molecule has 1 amide bonds. The molecule has 1 aromatic carbocycles. The summed E-state index contributed by atoms with van der Waals surface area (Å²) in [5.74, 6) is -1.44. The lowest BCUT2D eigenvalue weighted by atomic mass is 10.2. The summed E-state index contributed by atoms with van der Waals surface area (Å²) in [4.78, 5) is 21.3. The molecule has 0 saturated carbocycles. The Balaban J connectivity index is 2.74. The number of nitriles is 1. The van der Waals surface area contributed by atoms with Gasteiger partial charge >= 0.3 is 0 Å². The predicted molar refractivity (Wildman–Crippen MR) is 60.2 cm³/mol. The third kappa shape index (κ3) is 3.83. The van der Waals surface area contributed by atoms with Gasteiger partial charge in [0.2, 0.25) is 0 Å². The van der Waals surface area contributed by atoms with E-state index < -0.39 is 22.3 Å². The predicted octanol–water partition coefficient (Wildman–Crippen LogP) is 1.77. The van der Waals surface area contributed by atoms with Crippen LogP contribution < -0.4 is 5.32 Å². The van der Waals surface area contributed by atoms with Gasteiger partial charge in [-0.1, -0.05) is 0 Å². The minimum atomic E-state index is -0.841. The van der Waals surface area contributed by atoms with Crippen molar-refractivity contribution in [3.8, 4) is 6.07 Å². The zero-order chi connectivity index (χ0) is 13.5. The molecule has 94 valence electrons. The van der Waals surface area contributed by atoms with Crippen LogP contribution in [-0.2, 0) is 0 Å². The number of benzene rings is 1. The maximum atomic E-state index is 13.1. The lowest BCUT2D eigenvalue weighted by Crippen LogP contribution is -2.24. The molecule has 0 atom stereocenters. The molecule has 0 heterocycles. The Morgan fingerprint density at radius 2 is 2.22 bits per heavy atom. The largest absolute Gasteiger partial charge is 0.352 e. The molecule has 1 aromatic rings. The Kier molecular flexibility index (Phi) is 4.75. The topological polar surface area (TPSA) is 96.0 Å². The van der Waals surface area contributed by atoms with E-state index in [-0.39, 0.29) is 12.1 Å². The molecule has 18 heavy (non-hydrogen) atoms. The van der Waals surface area contributed by atoms with Crippen molar-refractivity contribution in [3.05, 3.63) is 39.7 Å². The van der Waals surface area contributed by atoms with E-state index in [1.165, 1.54) is 0 Å². The van der Waals surface area contributed by atoms with Crippen LogP contribution in [0.5, 0.6) is 0 Å². The molecule has 0 aliphatic heterocycles. The number of nitro benzene ring substituents is 1. The quantitative estimate of drug-likeness (QED) is 0.490. The van der Waals surface area contributed by atoms with Crippen molar-refractivity contribution in [1.29, 1.82) is 5.26 Å². The molecular weight excluding hydrogens is 241 g/mol. The fourth-order valence-corrected chi connectivity index (χ4v) is 1.28. The fourth-order valence-electron chi connectivity index (χ4n) is 1.28. The monoisotopic (exact) mass is 251 g/mol. The highest BCUT2D eigenvalue weighted by Crippen LogP contribution is 2.16. The Hall–Kier alpha value is -2.49. The number of rotatable bonds is 5. The lowest BCUT2D eigenvalue weighted by molar-refractivity contribution is -0.385. The summed E-state index contributed by atoms with van der Waals surface area (Å²) in [6, 6.07) is 4.58. The molecule has 0 radical (unpaired) electrons. The van der Waals surface area contributed by atoms with Crippen LogP contribution in [0.3, 0.4) is 0 Å². The molecular formula is C11H10FN3O3. The number of hydrogen-bond donors (Lipinski definition) is 1. The Morgan fingerprint density at radius 1 is 1.50 bits per heavy atom. The lowest BCUT2D eigenvalue weighted by Gasteiger charge is -2.03. The van der Waals surface area contributed by atoms with Crippen molar-refractivity contribution in [1.82, 2.24) is 5.32 Å². The van der Waals surface area contributed by atoms with Crippen molar-refractivity contribution in [2.45, 2.75) is 12.8 Å². The van der Waals surface area contributed by atoms with Crippen molar-refractivity contribution >= 4 is 11.6 Å². The molecule has 7 heteroatoms. The summed E-state index contributed by atoms with van der Waals surface area (Å²) in [6.07, 6.45) is 0.767. The fraction of sp³-hybridized carbons (Fsp3) is 0.273. The zero-order valence-corrected chi connectivity index (χ0v) is 9.35. The van der Waals surface area contributed by atoms with Gasteiger partial charge in [-0.15, -0.1) is 0 Å². The second-order valence-corrected chi connectivity index (χ2v) is 3.47. The van der Waals surface area contributed by atoms with Gasteiger partial charge in [-0.2, -0.15) is 5.26 Å². The third-order valence-electron chi connectivity index (χ3n) is 2.11. The molecule has 1 N–H and O–H groups in total. The van der Waals surface area contributed by atoms with E-state index in [4.69, 9.17) is 5.26 Å². The highest BCUT2D eigenvalue weighted by molar-refractivity contribution is 5.94. The average Bonchev–Trinajstić information content (AvgIpc) is 2.33. The molecule has 0 unspecified atom stereocenters. The summed E-state index contributed by atoms with van der Waals surface area (Å²) in [5.41, 5.74) is -0.587. The van der Waals surface area contributed by atoms with E-state index >= 15 is 0 Å². The van der Waals surface area contributed by atoms with E-state index in [1.54, 1.807) is 0 Å². The van der Waals surface area contributed by atoms with Gasteiger partial charge in [-0.25, -0.2) is 4.39 Å². The van der Waals surface area contributed by atoms with Crippen molar-refractivity contribution in [2.75, 3.05) is 6.54 Å². The molecule has 0 saturated heterocycles. The number of carbonyl (C=O) groups is 1. The number of hydrogen-bond acceptors (Lipinski definition) is 4. The van der Waals surface area contributed by atoms with Gasteiger partial charge in [0.15, 0.2) is 0 Å². The Labute approximate surface area is 102 Å². The molecule has 0 spiro atoms. The molecule has 0 aliphatic rings. The number of halogens is 1. The SMILES string of the molecule is N#CCCCNC(=O)c1cc(F)cc([N+](=O)[O-])c1. The number of amides is 1. The number of nitrogens with zero attached hydrogens (tertiary/aromatic N) is 2. The van der Waals surface area contributed by atoms with Crippen LogP contribution in [0.4, 0.5) is 10.1 Å². The normalized spacial score (nSPS) is 9.56. The van der Waals surface area contributed by atoms with Gasteiger partial charge in [0.25, 0.3) is 11.6 Å². The zero-order valence-electron chi connectivity index (χ0n) is 9.35. The van der Waals surface area contributed by atoms with Gasteiger partial charge in [0, 0.05) is 24.6 Å². The van der Waals surface area contributed by atoms with Crippen LogP contribution in [0.2, 0.25) is 0 Å². The maximum absolute atomic E-state index is 13.1. The molecule has 0 fully saturated rings. The van der Waals surface area contributed by atoms with Crippen molar-refractivity contribution in [3.63, 3.8) is 0 Å². The van der Waals surface area contributed by atoms with Crippen LogP contribution in [0.1, 0.15) is 23.2 Å². The standard InChI is InChI=1S/C11H10FN3O3/c12-9-5-8(6-10(7-9)15(17)18)11(16)14-4-2-1-3-13/h5-7H,1-2,4H2,(H,14,16). The van der Waals surface area contributed by atoms with Gasteiger partial charge in [0.05, 0.1) is 17.1 Å². The Bertz CT molecular complexity index is 511. The highest BCUT2D eigenvalue weighted by atomic mass is 19.1. The van der Waals surface area contributed by atoms with E-state index in [0.29, 0.717) is 12.8 Å². The highest BCUT2D eigenvalue weighted by Gasteiger charge is 2.14. The van der Waals surface area contributed by atoms with Gasteiger partial charge in [-0.3, -0.25) is 14.9 Å². The summed E-state index contributed by atoms with van der Waals surface area (Å²) < 4.78 is 13.1. The number of nitrogens with one attached hydrogen (secondary N) is 1. The number of non-ortho nitro benzene ring substituents is 1. The van der Waals surface area contributed by atoms with Crippen LogP contribution in [0.25, 0.3) is 0 Å². The van der Waals surface area contributed by atoms with Crippen LogP contribution in [0, 0.1) is 27.3 Å². The maximum Gasteiger partial charge on any atom is 0.273 e. The first-order valence-electron chi connectivity index (χ1n) is 5.14. The van der Waals surface area contributed by atoms with Crippen LogP contribution in [-0.4, -0.2) is 17.4 Å². The molecule has 1 rings (SSSR count). The van der Waals surface area contributed by atoms with Gasteiger partial charge < -0.3 is 5.32 Å². The minimum Gasteiger partial charge on any atom is -0.352 e. The minimum absolute atomic E-state index is 0.112. The van der Waals surface area contributed by atoms with E-state index in [2.05, 4.69) is 5.32 Å². The summed E-state index contributed by atoms with van der Waals surface area (Å²) in [6.45, 7) is 0.261. The van der Waals surface area contributed by atoms with E-state index in [9.17, 15) is 19.3 Å². The molecule has 0 aromatic heterocycles. The first kappa shape index (κ1) is 13.6. The van der Waals surface area contributed by atoms with E-state index in [1.807, 2.05) is 6.07 Å². The van der Waals surface area contributed by atoms with Gasteiger partial charge in [-0.05, 0) is 12.5 Å². The summed E-state index contributed by atoms with van der Waals surface area (Å²) in [7, 11) is 0. The molecule has 0 aliphatic carbocycles. The summed E-state index contributed by atoms with van der Waals surface area (Å²) >= 11 is 0. The second kappa shape index (κ2) is 6.30. The van der Waals surface area contributed by atoms with Gasteiger partial charge in [0.1, 0.15) is 5.82 Å². The summed E-state index contributed by atoms with van der Waals surface area (Å²) in [5, 5.41) is 21.2. The van der Waals surface area contributed by atoms with E-state index in [0.717, 1.165) is 18.2 Å². The Morgan fingerprint density at radius 3 is 2.83 bits per heavy atom. The van der Waals surface area contributed by atoms with Crippen molar-refractivity contribution < 1.29 is 14.1 Å². The number of nitro groups is 1. The van der Waals surface area contributed by atoms with Crippen LogP contribution >= 0.6 is 0 Å². The smallest absolute Gasteiger partial charge is 0.273 e. The van der Waals surface area contributed by atoms with Crippen molar-refractivity contribution in [2.24, 2.45) is 0 Å². The first-order valence-corrected chi connectivity index (χ1v) is 5.14. The van der Waals surface area contributed by atoms with Crippen LogP contribution in [0.15, 0.2) is 18.2 Å². The number of carbonyl (C=O) groups excluding carboxylic acids is 1. The molecule has 0 bridgehead atoms. The second-order valence-electron chi connectivity index (χ2n) is 3.47. The average molecular weight is 251 g/mol. The first-order chi connectivity index (χ1) is 8.54.